The molecule has 5 heterocycles. The number of thiophene rings is 1. The van der Waals surface area contributed by atoms with Gasteiger partial charge in [-0.15, -0.1) is 11.3 Å². The van der Waals surface area contributed by atoms with Crippen LogP contribution < -0.4 is 24.4 Å². The van der Waals surface area contributed by atoms with E-state index >= 15 is 0 Å². The number of hydrogen-bond acceptors (Lipinski definition) is 13. The highest BCUT2D eigenvalue weighted by Crippen LogP contribution is 2.52. The second kappa shape index (κ2) is 13.7. The first-order valence-electron chi connectivity index (χ1n) is 14.7. The van der Waals surface area contributed by atoms with Crippen LogP contribution in [-0.4, -0.2) is 74.2 Å². The molecule has 14 nitrogen and oxygen atoms in total. The molecule has 1 unspecified atom stereocenters. The molecule has 1 atom stereocenters. The van der Waals surface area contributed by atoms with Gasteiger partial charge in [0.15, 0.2) is 17.2 Å². The zero-order valence-corrected chi connectivity index (χ0v) is 27.3. The van der Waals surface area contributed by atoms with E-state index in [0.717, 1.165) is 16.6 Å². The van der Waals surface area contributed by atoms with Crippen molar-refractivity contribution in [2.75, 3.05) is 34.7 Å². The molecule has 0 bridgehead atoms. The van der Waals surface area contributed by atoms with Crippen LogP contribution in [0.15, 0.2) is 40.8 Å². The van der Waals surface area contributed by atoms with Crippen LogP contribution in [0.5, 0.6) is 23.0 Å². The van der Waals surface area contributed by atoms with Crippen molar-refractivity contribution in [3.05, 3.63) is 57.9 Å². The third-order valence-electron chi connectivity index (χ3n) is 7.53. The van der Waals surface area contributed by atoms with Crippen molar-refractivity contribution in [2.24, 2.45) is 10.3 Å². The van der Waals surface area contributed by atoms with Crippen molar-refractivity contribution in [1.29, 1.82) is 0 Å². The van der Waals surface area contributed by atoms with Gasteiger partial charge < -0.3 is 37.8 Å². The fourth-order valence-corrected chi connectivity index (χ4v) is 6.80. The van der Waals surface area contributed by atoms with Crippen LogP contribution in [-0.2, 0) is 32.1 Å². The number of methoxy groups -OCH3 is 3. The monoisotopic (exact) mass is 663 g/mol. The van der Waals surface area contributed by atoms with E-state index in [-0.39, 0.29) is 32.0 Å². The Morgan fingerprint density at radius 3 is 2.60 bits per heavy atom. The fourth-order valence-electron chi connectivity index (χ4n) is 5.65. The summed E-state index contributed by atoms with van der Waals surface area (Å²) in [7, 11) is 4.62. The highest BCUT2D eigenvalue weighted by molar-refractivity contribution is 7.21. The molecular weight excluding hydrogens is 630 g/mol. The lowest BCUT2D eigenvalue weighted by Gasteiger charge is -2.19. The summed E-state index contributed by atoms with van der Waals surface area (Å²) >= 11 is 1.27. The third-order valence-corrected chi connectivity index (χ3v) is 8.60. The minimum Gasteiger partial charge on any atom is -0.492 e. The fraction of sp³-hybridized carbons (Fsp3) is 0.344. The largest absolute Gasteiger partial charge is 0.492 e. The number of amides is 1. The van der Waals surface area contributed by atoms with Crippen LogP contribution in [0.25, 0.3) is 15.9 Å². The number of ether oxygens (including phenoxy) is 6. The zero-order valence-electron chi connectivity index (χ0n) is 26.4. The number of carbonyl (C=O) groups excluding carboxylic acids is 2. The number of hydrogen-bond donors (Lipinski definition) is 1. The van der Waals surface area contributed by atoms with E-state index in [9.17, 15) is 9.59 Å². The molecule has 2 aliphatic rings. The first kappa shape index (κ1) is 31.8. The molecule has 1 N–H and O–H groups in total. The number of benzene rings is 1. The summed E-state index contributed by atoms with van der Waals surface area (Å²) in [6, 6.07) is 5.73. The highest BCUT2D eigenvalue weighted by Gasteiger charge is 2.35. The van der Waals surface area contributed by atoms with Crippen LogP contribution in [0, 0.1) is 6.92 Å². The first-order chi connectivity index (χ1) is 22.9. The van der Waals surface area contributed by atoms with Crippen molar-refractivity contribution in [2.45, 2.75) is 39.4 Å². The van der Waals surface area contributed by atoms with Crippen molar-refractivity contribution < 1.29 is 42.8 Å². The second-order valence-corrected chi connectivity index (χ2v) is 11.5. The molecule has 0 saturated heterocycles. The Labute approximate surface area is 273 Å². The molecule has 4 aromatic rings. The first-order valence-corrected chi connectivity index (χ1v) is 15.5. The number of nitrogens with zero attached hydrogens (tertiary/aromatic N) is 4. The number of hydrazone groups is 1. The number of carbonyl (C=O) groups is 2. The maximum atomic E-state index is 13.8. The van der Waals surface area contributed by atoms with E-state index in [1.165, 1.54) is 31.8 Å². The van der Waals surface area contributed by atoms with E-state index < -0.39 is 18.0 Å². The number of nitrogens with one attached hydrogen (secondary N) is 1. The van der Waals surface area contributed by atoms with Gasteiger partial charge in [0.2, 0.25) is 18.3 Å². The molecule has 0 radical (unpaired) electrons. The Morgan fingerprint density at radius 1 is 1.15 bits per heavy atom. The Morgan fingerprint density at radius 2 is 1.89 bits per heavy atom. The zero-order chi connectivity index (χ0) is 33.1. The van der Waals surface area contributed by atoms with Gasteiger partial charge in [0.05, 0.1) is 39.3 Å². The van der Waals surface area contributed by atoms with Gasteiger partial charge in [-0.1, -0.05) is 5.16 Å². The molecule has 0 spiro atoms. The summed E-state index contributed by atoms with van der Waals surface area (Å²) in [6.45, 7) is 4.17. The summed E-state index contributed by atoms with van der Waals surface area (Å²) in [5.74, 6) is 0.439. The average molecular weight is 664 g/mol. The maximum Gasteiger partial charge on any atom is 0.356 e. The Balaban J connectivity index is 1.35. The van der Waals surface area contributed by atoms with Gasteiger partial charge in [-0.2, -0.15) is 5.10 Å². The van der Waals surface area contributed by atoms with Crippen molar-refractivity contribution >= 4 is 45.4 Å². The number of rotatable bonds is 12. The van der Waals surface area contributed by atoms with Crippen molar-refractivity contribution in [1.82, 2.24) is 15.0 Å². The van der Waals surface area contributed by atoms with Gasteiger partial charge in [-0.3, -0.25) is 4.79 Å². The maximum absolute atomic E-state index is 13.8. The normalized spacial score (nSPS) is 15.2. The Bertz CT molecular complexity index is 1880. The number of aryl methyl sites for hydroxylation is 1. The van der Waals surface area contributed by atoms with Crippen molar-refractivity contribution in [3.8, 4) is 28.7 Å². The average Bonchev–Trinajstić information content (AvgIpc) is 3.88. The number of aromatic nitrogens is 2. The molecule has 0 fully saturated rings. The van der Waals surface area contributed by atoms with Gasteiger partial charge in [-0.25, -0.2) is 15.2 Å². The smallest absolute Gasteiger partial charge is 0.356 e. The molecule has 1 aromatic carbocycles. The lowest BCUT2D eigenvalue weighted by molar-refractivity contribution is -0.135. The van der Waals surface area contributed by atoms with E-state index in [0.29, 0.717) is 56.1 Å². The number of oxime groups is 1. The minimum atomic E-state index is -0.532. The van der Waals surface area contributed by atoms with Crippen LogP contribution in [0.4, 0.5) is 0 Å². The summed E-state index contributed by atoms with van der Waals surface area (Å²) in [5.41, 5.74) is 6.33. The summed E-state index contributed by atoms with van der Waals surface area (Å²) in [5, 5.41) is 9.11. The van der Waals surface area contributed by atoms with Gasteiger partial charge in [0.1, 0.15) is 15.8 Å². The van der Waals surface area contributed by atoms with Gasteiger partial charge in [0, 0.05) is 54.6 Å². The number of pyridine rings is 1. The van der Waals surface area contributed by atoms with E-state index in [1.54, 1.807) is 14.0 Å². The van der Waals surface area contributed by atoms with Gasteiger partial charge in [0.25, 0.3) is 5.91 Å². The molecule has 2 aliphatic heterocycles. The summed E-state index contributed by atoms with van der Waals surface area (Å²) in [6.07, 6.45) is 5.14. The van der Waals surface area contributed by atoms with E-state index in [4.69, 9.17) is 38.2 Å². The second-order valence-electron chi connectivity index (χ2n) is 10.5. The summed E-state index contributed by atoms with van der Waals surface area (Å²) < 4.78 is 35.4. The minimum absolute atomic E-state index is 0.0401. The quantitative estimate of drug-likeness (QED) is 0.132. The molecule has 47 heavy (non-hydrogen) atoms. The van der Waals surface area contributed by atoms with Crippen LogP contribution in [0.1, 0.15) is 45.4 Å². The Kier molecular flexibility index (Phi) is 9.26. The predicted molar refractivity (Wildman–Crippen MR) is 172 cm³/mol. The molecule has 1 amide bonds. The van der Waals surface area contributed by atoms with E-state index in [1.807, 2.05) is 42.1 Å². The number of esters is 1. The third kappa shape index (κ3) is 6.06. The summed E-state index contributed by atoms with van der Waals surface area (Å²) in [4.78, 5) is 37.5. The predicted octanol–water partition coefficient (Wildman–Crippen LogP) is 4.30. The molecule has 3 aromatic heterocycles. The van der Waals surface area contributed by atoms with Gasteiger partial charge in [-0.05, 0) is 37.6 Å². The standard InChI is InChI=1S/C32H33N5O9S/c1-6-43-32(39)22-13-19(46-36-22)12-20-21(26(42-5)28-27(25(20)41-4)44-16-45-28)14-33-35-30(38)29-24(37-9-7-8-10-37)23-18(15-40-3)11-17(2)34-31(23)47-29/h7-11,14,19H,6,12-13,15-16H2,1-5H3,(H,35,38). The molecule has 6 rings (SSSR count). The van der Waals surface area contributed by atoms with Crippen molar-refractivity contribution in [3.63, 3.8) is 0 Å². The lowest BCUT2D eigenvalue weighted by Crippen LogP contribution is -2.20. The topological polar surface area (TPSA) is 153 Å². The lowest BCUT2D eigenvalue weighted by atomic mass is 9.96. The SMILES string of the molecule is CCOC(=O)C1=NOC(Cc2c(C=NNC(=O)c3sc4nc(C)cc(COC)c4c3-n3cccc3)c(OC)c3c(c2OC)OCO3)C1. The van der Waals surface area contributed by atoms with Gasteiger partial charge >= 0.3 is 5.97 Å². The van der Waals surface area contributed by atoms with E-state index in [2.05, 4.69) is 15.7 Å². The molecule has 246 valence electrons. The van der Waals surface area contributed by atoms with Crippen LogP contribution in [0.2, 0.25) is 0 Å². The molecule has 0 saturated carbocycles. The highest BCUT2D eigenvalue weighted by atomic mass is 32.1. The molecule has 15 heteroatoms. The Hall–Kier alpha value is -5.15. The van der Waals surface area contributed by atoms with Crippen LogP contribution >= 0.6 is 11.3 Å². The van der Waals surface area contributed by atoms with Crippen LogP contribution in [0.3, 0.4) is 0 Å². The number of fused-ring (bicyclic) bond motifs is 2. The molecule has 0 aliphatic carbocycles. The molecular formula is C32H33N5O9S.